The van der Waals surface area contributed by atoms with Crippen LogP contribution in [0.15, 0.2) is 35.4 Å². The van der Waals surface area contributed by atoms with Crippen LogP contribution >= 0.6 is 0 Å². The number of fused-ring (bicyclic) bond motifs is 2. The third-order valence-corrected chi connectivity index (χ3v) is 8.89. The Morgan fingerprint density at radius 3 is 3.04 bits per heavy atom. The fourth-order valence-corrected chi connectivity index (χ4v) is 7.34. The average molecular weight is 464 g/mol. The van der Waals surface area contributed by atoms with Gasteiger partial charge in [0.05, 0.1) is 0 Å². The number of rotatable bonds is 3. The van der Waals surface area contributed by atoms with Gasteiger partial charge >= 0.3 is 155 Å². The molecule has 4 aromatic rings. The van der Waals surface area contributed by atoms with Crippen molar-refractivity contribution in [1.29, 1.82) is 0 Å². The molecule has 3 aromatic heterocycles. The zero-order valence-electron chi connectivity index (χ0n) is 13.1. The average Bonchev–Trinajstić information content (AvgIpc) is 3.35. The van der Waals surface area contributed by atoms with E-state index in [4.69, 9.17) is 0 Å². The van der Waals surface area contributed by atoms with Crippen molar-refractivity contribution < 1.29 is 0 Å². The van der Waals surface area contributed by atoms with Crippen LogP contribution in [-0.4, -0.2) is 59.2 Å². The predicted molar refractivity (Wildman–Crippen MR) is 99.1 cm³/mol. The molecule has 1 fully saturated rings. The van der Waals surface area contributed by atoms with E-state index in [1.807, 2.05) is 24.3 Å². The molecule has 4 heterocycles. The number of H-pyrrole nitrogens is 1. The second-order valence-corrected chi connectivity index (χ2v) is 10.3. The Bertz CT molecular complexity index is 1120. The minimum absolute atomic E-state index is 0.0272. The Hall–Kier alpha value is -1.92. The first-order chi connectivity index (χ1) is 12.3. The maximum atomic E-state index is 12.7. The monoisotopic (exact) mass is 466 g/mol. The van der Waals surface area contributed by atoms with Gasteiger partial charge in [0.25, 0.3) is 0 Å². The standard InChI is InChI=1S/C16H14N6OSe2/c23-15-10-3-1-2-4-11(10)25-22(15)16-20-13-12(17-8-18-13)14(21-16)19-9-5-6-24-7-9/h1-4,8-9H,5-7H2,(H2,17,18,19,20,21)/t9-/m0/s1. The van der Waals surface area contributed by atoms with E-state index >= 15 is 0 Å². The van der Waals surface area contributed by atoms with Crippen molar-refractivity contribution in [3.05, 3.63) is 40.9 Å². The van der Waals surface area contributed by atoms with Crippen LogP contribution in [0.2, 0.25) is 10.6 Å². The second kappa shape index (κ2) is 6.11. The molecule has 25 heavy (non-hydrogen) atoms. The summed E-state index contributed by atoms with van der Waals surface area (Å²) in [5, 5.41) is 6.79. The van der Waals surface area contributed by atoms with Crippen LogP contribution in [0.1, 0.15) is 6.42 Å². The van der Waals surface area contributed by atoms with Crippen molar-refractivity contribution in [2.75, 3.05) is 5.32 Å². The Labute approximate surface area is 155 Å². The Morgan fingerprint density at radius 2 is 2.20 bits per heavy atom. The Morgan fingerprint density at radius 1 is 1.28 bits per heavy atom. The van der Waals surface area contributed by atoms with Crippen molar-refractivity contribution in [3.8, 4) is 5.95 Å². The fourth-order valence-electron chi connectivity index (χ4n) is 2.96. The molecule has 0 unspecified atom stereocenters. The van der Waals surface area contributed by atoms with Crippen LogP contribution in [0.5, 0.6) is 0 Å². The zero-order chi connectivity index (χ0) is 16.8. The van der Waals surface area contributed by atoms with E-state index in [2.05, 4.69) is 25.3 Å². The molecule has 2 N–H and O–H groups in total. The predicted octanol–water partition coefficient (Wildman–Crippen LogP) is 1.44. The molecule has 1 saturated heterocycles. The SMILES string of the molecule is O=c1c2ccccc2[se]n1-c1nc(N[C@H]2CC[Se]C2)c2[nH]cnc2n1. The summed E-state index contributed by atoms with van der Waals surface area (Å²) in [6.07, 6.45) is 2.80. The third kappa shape index (κ3) is 2.64. The van der Waals surface area contributed by atoms with E-state index in [9.17, 15) is 4.79 Å². The van der Waals surface area contributed by atoms with Crippen LogP contribution in [0.3, 0.4) is 0 Å². The van der Waals surface area contributed by atoms with Crippen LogP contribution in [0, 0.1) is 0 Å². The van der Waals surface area contributed by atoms with Gasteiger partial charge in [-0.1, -0.05) is 0 Å². The first-order valence-corrected chi connectivity index (χ1v) is 12.0. The molecular formula is C16H14N6OSe2. The van der Waals surface area contributed by atoms with Gasteiger partial charge in [0, 0.05) is 0 Å². The number of nitrogens with one attached hydrogen (secondary N) is 2. The number of benzene rings is 1. The van der Waals surface area contributed by atoms with Crippen LogP contribution in [0.4, 0.5) is 5.82 Å². The molecule has 0 amide bonds. The number of hydrogen-bond donors (Lipinski definition) is 2. The summed E-state index contributed by atoms with van der Waals surface area (Å²) in [5.74, 6) is 1.19. The summed E-state index contributed by atoms with van der Waals surface area (Å²) in [4.78, 5) is 29.3. The fraction of sp³-hybridized carbons (Fsp3) is 0.250. The molecule has 7 nitrogen and oxygen atoms in total. The number of aromatic nitrogens is 5. The van der Waals surface area contributed by atoms with Crippen molar-refractivity contribution in [1.82, 2.24) is 23.5 Å². The molecule has 0 saturated carbocycles. The van der Waals surface area contributed by atoms with Gasteiger partial charge in [-0.15, -0.1) is 0 Å². The molecule has 1 aliphatic rings. The summed E-state index contributed by atoms with van der Waals surface area (Å²) < 4.78 is 2.76. The maximum absolute atomic E-state index is 12.7. The van der Waals surface area contributed by atoms with Crippen molar-refractivity contribution >= 4 is 56.3 Å². The van der Waals surface area contributed by atoms with Crippen LogP contribution in [-0.2, 0) is 0 Å². The van der Waals surface area contributed by atoms with Crippen molar-refractivity contribution in [2.45, 2.75) is 23.1 Å². The third-order valence-electron chi connectivity index (χ3n) is 4.22. The number of hydrogen-bond acceptors (Lipinski definition) is 5. The van der Waals surface area contributed by atoms with Crippen molar-refractivity contribution in [3.63, 3.8) is 0 Å². The molecule has 0 aliphatic carbocycles. The minimum atomic E-state index is -0.147. The van der Waals surface area contributed by atoms with Crippen LogP contribution < -0.4 is 10.9 Å². The first kappa shape index (κ1) is 15.3. The second-order valence-electron chi connectivity index (χ2n) is 5.87. The van der Waals surface area contributed by atoms with E-state index in [-0.39, 0.29) is 20.3 Å². The number of aromatic amines is 1. The van der Waals surface area contributed by atoms with Gasteiger partial charge in [-0.2, -0.15) is 0 Å². The van der Waals surface area contributed by atoms with E-state index in [0.29, 0.717) is 17.6 Å². The summed E-state index contributed by atoms with van der Waals surface area (Å²) in [6, 6.07) is 8.17. The number of anilines is 1. The number of nitrogens with zero attached hydrogens (tertiary/aromatic N) is 4. The van der Waals surface area contributed by atoms with Gasteiger partial charge in [-0.05, 0) is 0 Å². The summed E-state index contributed by atoms with van der Waals surface area (Å²) in [6.45, 7) is 0. The molecule has 1 aromatic carbocycles. The molecule has 0 bridgehead atoms. The molecule has 0 radical (unpaired) electrons. The van der Waals surface area contributed by atoms with Gasteiger partial charge < -0.3 is 0 Å². The molecule has 5 rings (SSSR count). The van der Waals surface area contributed by atoms with Gasteiger partial charge in [-0.3, -0.25) is 0 Å². The molecule has 9 heteroatoms. The molecule has 1 aliphatic heterocycles. The number of imidazole rings is 1. The quantitative estimate of drug-likeness (QED) is 0.448. The first-order valence-electron chi connectivity index (χ1n) is 7.96. The van der Waals surface area contributed by atoms with E-state index in [1.54, 1.807) is 9.89 Å². The Balaban J connectivity index is 1.67. The molecular weight excluding hydrogens is 450 g/mol. The van der Waals surface area contributed by atoms with E-state index < -0.39 is 0 Å². The summed E-state index contributed by atoms with van der Waals surface area (Å²) >= 11 is 0.571. The molecule has 126 valence electrons. The van der Waals surface area contributed by atoms with Crippen molar-refractivity contribution in [2.24, 2.45) is 0 Å². The Kier molecular flexibility index (Phi) is 3.75. The van der Waals surface area contributed by atoms with Gasteiger partial charge in [-0.25, -0.2) is 0 Å². The van der Waals surface area contributed by atoms with Crippen LogP contribution in [0.25, 0.3) is 26.8 Å². The molecule has 0 spiro atoms. The summed E-state index contributed by atoms with van der Waals surface area (Å²) in [7, 11) is 0. The summed E-state index contributed by atoms with van der Waals surface area (Å²) in [5.41, 5.74) is 1.37. The normalized spacial score (nSPS) is 17.5. The van der Waals surface area contributed by atoms with Gasteiger partial charge in [0.1, 0.15) is 0 Å². The van der Waals surface area contributed by atoms with E-state index in [1.165, 1.54) is 17.1 Å². The topological polar surface area (TPSA) is 88.5 Å². The van der Waals surface area contributed by atoms with E-state index in [0.717, 1.165) is 35.9 Å². The zero-order valence-corrected chi connectivity index (χ0v) is 16.5. The molecule has 1 atom stereocenters. The van der Waals surface area contributed by atoms with Gasteiger partial charge in [0.15, 0.2) is 0 Å². The van der Waals surface area contributed by atoms with Gasteiger partial charge in [0.2, 0.25) is 0 Å².